The van der Waals surface area contributed by atoms with Crippen LogP contribution in [0.3, 0.4) is 0 Å². The third-order valence-electron chi connectivity index (χ3n) is 5.01. The van der Waals surface area contributed by atoms with E-state index in [0.29, 0.717) is 37.9 Å². The van der Waals surface area contributed by atoms with Gasteiger partial charge in [0.05, 0.1) is 36.2 Å². The minimum absolute atomic E-state index is 0.0219. The maximum absolute atomic E-state index is 13.4. The number of benzene rings is 2. The van der Waals surface area contributed by atoms with Crippen molar-refractivity contribution in [3.05, 3.63) is 75.8 Å². The summed E-state index contributed by atoms with van der Waals surface area (Å²) in [5.74, 6) is 0.393. The molecule has 0 saturated heterocycles. The number of rotatable bonds is 7. The number of thioether (sulfide) groups is 1. The molecule has 1 aliphatic heterocycles. The van der Waals surface area contributed by atoms with Crippen molar-refractivity contribution in [3.63, 3.8) is 0 Å². The first-order valence-electron chi connectivity index (χ1n) is 10.5. The van der Waals surface area contributed by atoms with Gasteiger partial charge in [0.25, 0.3) is 5.91 Å². The zero-order valence-corrected chi connectivity index (χ0v) is 21.5. The number of amides is 2. The molecule has 8 nitrogen and oxygen atoms in total. The Kier molecular flexibility index (Phi) is 7.95. The van der Waals surface area contributed by atoms with Crippen LogP contribution in [0.1, 0.15) is 11.1 Å². The van der Waals surface area contributed by atoms with Crippen molar-refractivity contribution in [1.29, 1.82) is 5.26 Å². The van der Waals surface area contributed by atoms with Crippen LogP contribution in [0.4, 0.5) is 10.7 Å². The van der Waals surface area contributed by atoms with Crippen LogP contribution >= 0.6 is 34.7 Å². The van der Waals surface area contributed by atoms with Crippen molar-refractivity contribution in [2.75, 3.05) is 30.2 Å². The summed E-state index contributed by atoms with van der Waals surface area (Å²) in [6.07, 6.45) is 1.67. The van der Waals surface area contributed by atoms with Crippen molar-refractivity contribution in [3.8, 4) is 17.6 Å². The molecular weight excluding hydrogens is 520 g/mol. The Morgan fingerprint density at radius 3 is 2.69 bits per heavy atom. The number of anilines is 2. The van der Waals surface area contributed by atoms with E-state index in [-0.39, 0.29) is 23.3 Å². The third kappa shape index (κ3) is 5.54. The summed E-state index contributed by atoms with van der Waals surface area (Å²) in [5, 5.41) is 14.8. The molecule has 0 unspecified atom stereocenters. The predicted octanol–water partition coefficient (Wildman–Crippen LogP) is 5.41. The number of aliphatic imine (C=N–C) groups is 1. The number of hydrogen-bond acceptors (Lipinski definition) is 8. The molecule has 4 rings (SSSR count). The largest absolute Gasteiger partial charge is 0.497 e. The normalized spacial score (nSPS) is 13.9. The quantitative estimate of drug-likeness (QED) is 0.404. The molecule has 0 atom stereocenters. The lowest BCUT2D eigenvalue weighted by Gasteiger charge is -2.18. The molecule has 0 bridgehead atoms. The number of hydrogen-bond donors (Lipinski definition) is 1. The van der Waals surface area contributed by atoms with E-state index in [1.807, 2.05) is 18.2 Å². The Morgan fingerprint density at radius 2 is 2.00 bits per heavy atom. The van der Waals surface area contributed by atoms with Crippen molar-refractivity contribution in [2.45, 2.75) is 0 Å². The predicted molar refractivity (Wildman–Crippen MR) is 144 cm³/mol. The van der Waals surface area contributed by atoms with Crippen molar-refractivity contribution in [2.24, 2.45) is 4.99 Å². The summed E-state index contributed by atoms with van der Waals surface area (Å²) < 4.78 is 10.5. The van der Waals surface area contributed by atoms with Gasteiger partial charge >= 0.3 is 0 Å². The van der Waals surface area contributed by atoms with E-state index in [4.69, 9.17) is 26.3 Å². The van der Waals surface area contributed by atoms with Gasteiger partial charge in [-0.3, -0.25) is 14.5 Å². The van der Waals surface area contributed by atoms with E-state index < -0.39 is 0 Å². The van der Waals surface area contributed by atoms with Gasteiger partial charge in [-0.2, -0.15) is 5.26 Å². The number of thiophene rings is 1. The molecule has 182 valence electrons. The van der Waals surface area contributed by atoms with Gasteiger partial charge in [-0.15, -0.1) is 11.3 Å². The van der Waals surface area contributed by atoms with Crippen LogP contribution in [0.5, 0.6) is 11.5 Å². The minimum atomic E-state index is -0.358. The Hall–Kier alpha value is -3.78. The Bertz CT molecular complexity index is 1410. The number of amidine groups is 1. The van der Waals surface area contributed by atoms with Crippen LogP contribution in [-0.2, 0) is 9.59 Å². The fraction of sp³-hybridized carbons (Fsp3) is 0.120. The van der Waals surface area contributed by atoms with Crippen LogP contribution in [0.15, 0.2) is 64.6 Å². The van der Waals surface area contributed by atoms with E-state index in [9.17, 15) is 9.59 Å². The smallest absolute Gasteiger partial charge is 0.283 e. The van der Waals surface area contributed by atoms with Gasteiger partial charge in [-0.1, -0.05) is 35.5 Å². The SMILES string of the molecule is COc1ccc(/C=C2\N=C(SCC(=O)Nc3sccc3C#N)N(c3ccc(Cl)c(OC)c3)C2=O)cc1. The summed E-state index contributed by atoms with van der Waals surface area (Å²) in [6, 6.07) is 15.8. The van der Waals surface area contributed by atoms with E-state index in [1.165, 1.54) is 23.3 Å². The summed E-state index contributed by atoms with van der Waals surface area (Å²) in [4.78, 5) is 31.9. The Morgan fingerprint density at radius 1 is 1.22 bits per heavy atom. The van der Waals surface area contributed by atoms with Gasteiger partial charge in [0, 0.05) is 6.07 Å². The fourth-order valence-electron chi connectivity index (χ4n) is 3.25. The lowest BCUT2D eigenvalue weighted by atomic mass is 10.2. The molecule has 2 aromatic carbocycles. The maximum Gasteiger partial charge on any atom is 0.283 e. The molecule has 1 N–H and O–H groups in total. The fourth-order valence-corrected chi connectivity index (χ4v) is 5.01. The van der Waals surface area contributed by atoms with Gasteiger partial charge in [-0.25, -0.2) is 4.99 Å². The number of nitrogens with one attached hydrogen (secondary N) is 1. The first-order valence-corrected chi connectivity index (χ1v) is 12.7. The monoisotopic (exact) mass is 538 g/mol. The summed E-state index contributed by atoms with van der Waals surface area (Å²) in [5.41, 5.74) is 1.87. The van der Waals surface area contributed by atoms with Crippen LogP contribution in [0, 0.1) is 11.3 Å². The topological polar surface area (TPSA) is 104 Å². The van der Waals surface area contributed by atoms with E-state index in [2.05, 4.69) is 10.3 Å². The molecule has 0 radical (unpaired) electrons. The molecule has 0 fully saturated rings. The van der Waals surface area contributed by atoms with E-state index in [0.717, 1.165) is 17.3 Å². The first-order chi connectivity index (χ1) is 17.4. The molecule has 1 aliphatic rings. The van der Waals surface area contributed by atoms with E-state index >= 15 is 0 Å². The highest BCUT2D eigenvalue weighted by Gasteiger charge is 2.33. The van der Waals surface area contributed by atoms with Crippen molar-refractivity contribution >= 4 is 68.4 Å². The molecule has 3 aromatic rings. The zero-order valence-electron chi connectivity index (χ0n) is 19.1. The van der Waals surface area contributed by atoms with Gasteiger partial charge in [-0.05, 0) is 47.4 Å². The van der Waals surface area contributed by atoms with E-state index in [1.54, 1.807) is 55.0 Å². The van der Waals surface area contributed by atoms with Gasteiger partial charge in [0.15, 0.2) is 5.17 Å². The van der Waals surface area contributed by atoms with Gasteiger partial charge < -0.3 is 14.8 Å². The standard InChI is InChI=1S/C25H19ClN4O4S2/c1-33-18-6-3-15(4-7-18)11-20-24(32)30(17-5-8-19(26)21(12-17)34-2)25(28-20)36-14-22(31)29-23-16(13-27)9-10-35-23/h3-12H,14H2,1-2H3,(H,29,31)/b20-11-. The molecule has 0 saturated carbocycles. The first kappa shape index (κ1) is 25.3. The number of carbonyl (C=O) groups excluding carboxylic acids is 2. The average molecular weight is 539 g/mol. The van der Waals surface area contributed by atoms with Crippen molar-refractivity contribution < 1.29 is 19.1 Å². The highest BCUT2D eigenvalue weighted by atomic mass is 35.5. The van der Waals surface area contributed by atoms with Gasteiger partial charge in [0.1, 0.15) is 28.3 Å². The highest BCUT2D eigenvalue weighted by Crippen LogP contribution is 2.35. The molecule has 0 spiro atoms. The minimum Gasteiger partial charge on any atom is -0.497 e. The number of nitrogens with zero attached hydrogens (tertiary/aromatic N) is 3. The molecule has 11 heteroatoms. The summed E-state index contributed by atoms with van der Waals surface area (Å²) in [6.45, 7) is 0. The molecule has 2 heterocycles. The molecule has 1 aromatic heterocycles. The van der Waals surface area contributed by atoms with Crippen LogP contribution in [0.25, 0.3) is 6.08 Å². The highest BCUT2D eigenvalue weighted by molar-refractivity contribution is 8.14. The van der Waals surface area contributed by atoms with Crippen molar-refractivity contribution in [1.82, 2.24) is 0 Å². The lowest BCUT2D eigenvalue weighted by Crippen LogP contribution is -2.31. The van der Waals surface area contributed by atoms with Crippen LogP contribution in [0.2, 0.25) is 5.02 Å². The number of nitriles is 1. The molecule has 0 aliphatic carbocycles. The molecule has 2 amide bonds. The van der Waals surface area contributed by atoms with Crippen LogP contribution in [-0.4, -0.2) is 37.0 Å². The average Bonchev–Trinajstić information content (AvgIpc) is 3.47. The second kappa shape index (κ2) is 11.3. The van der Waals surface area contributed by atoms with Crippen LogP contribution < -0.4 is 19.7 Å². The zero-order chi connectivity index (χ0) is 25.7. The Balaban J connectivity index is 1.61. The Labute approximate surface area is 220 Å². The summed E-state index contributed by atoms with van der Waals surface area (Å²) in [7, 11) is 3.07. The second-order valence-electron chi connectivity index (χ2n) is 7.27. The van der Waals surface area contributed by atoms with Gasteiger partial charge in [0.2, 0.25) is 5.91 Å². The maximum atomic E-state index is 13.4. The number of carbonyl (C=O) groups is 2. The molecular formula is C25H19ClN4O4S2. The number of halogens is 1. The number of methoxy groups -OCH3 is 2. The second-order valence-corrected chi connectivity index (χ2v) is 9.53. The number of ether oxygens (including phenoxy) is 2. The summed E-state index contributed by atoms with van der Waals surface area (Å²) >= 11 is 8.54. The molecule has 36 heavy (non-hydrogen) atoms. The lowest BCUT2D eigenvalue weighted by molar-refractivity contribution is -0.114. The third-order valence-corrected chi connectivity index (χ3v) is 7.09.